The molecule has 0 aromatic heterocycles. The van der Waals surface area contributed by atoms with Gasteiger partial charge in [-0.2, -0.15) is 30.6 Å². The fraction of sp³-hybridized carbons (Fsp3) is 1.00. The maximum atomic E-state index is 12.0. The highest BCUT2D eigenvalue weighted by molar-refractivity contribution is 7.87. The summed E-state index contributed by atoms with van der Waals surface area (Å²) in [6.07, 6.45) is -4.53. The van der Waals surface area contributed by atoms with Crippen molar-refractivity contribution in [3.8, 4) is 0 Å². The molecule has 0 aliphatic carbocycles. The number of halogens is 3. The fourth-order valence-corrected chi connectivity index (χ4v) is 3.42. The minimum atomic E-state index is -4.53. The predicted octanol–water partition coefficient (Wildman–Crippen LogP) is -1.03. The van der Waals surface area contributed by atoms with Gasteiger partial charge < -0.3 is 5.32 Å². The Morgan fingerprint density at radius 3 is 2.32 bits per heavy atom. The molecule has 0 bridgehead atoms. The van der Waals surface area contributed by atoms with Crippen LogP contribution in [0.2, 0.25) is 0 Å². The summed E-state index contributed by atoms with van der Waals surface area (Å²) in [5.74, 6) is 0. The molecule has 0 radical (unpaired) electrons. The number of nitrogens with zero attached hydrogens (tertiary/aromatic N) is 2. The lowest BCUT2D eigenvalue weighted by Crippen LogP contribution is -2.65. The molecule has 0 spiro atoms. The third kappa shape index (κ3) is 4.02. The predicted molar refractivity (Wildman–Crippen MR) is 62.8 cm³/mol. The van der Waals surface area contributed by atoms with Crippen LogP contribution in [-0.4, -0.2) is 75.7 Å². The molecule has 112 valence electrons. The zero-order valence-electron chi connectivity index (χ0n) is 10.3. The molecule has 2 heterocycles. The second-order valence-electron chi connectivity index (χ2n) is 4.70. The van der Waals surface area contributed by atoms with Crippen molar-refractivity contribution in [2.24, 2.45) is 0 Å². The Labute approximate surface area is 110 Å². The van der Waals surface area contributed by atoms with Crippen LogP contribution >= 0.6 is 0 Å². The van der Waals surface area contributed by atoms with Crippen LogP contribution in [0.4, 0.5) is 13.2 Å². The lowest BCUT2D eigenvalue weighted by molar-refractivity contribution is -0.121. The summed E-state index contributed by atoms with van der Waals surface area (Å²) in [4.78, 5) is 2.16. The molecule has 2 aliphatic heterocycles. The maximum Gasteiger partial charge on any atom is 0.402 e. The van der Waals surface area contributed by atoms with E-state index in [1.807, 2.05) is 0 Å². The van der Waals surface area contributed by atoms with Gasteiger partial charge in [-0.25, -0.2) is 0 Å². The molecule has 0 unspecified atom stereocenters. The van der Waals surface area contributed by atoms with Crippen LogP contribution in [0.5, 0.6) is 0 Å². The summed E-state index contributed by atoms with van der Waals surface area (Å²) in [7, 11) is -4.01. The highest BCUT2D eigenvalue weighted by Crippen LogP contribution is 2.19. The van der Waals surface area contributed by atoms with Gasteiger partial charge in [-0.1, -0.05) is 0 Å². The molecule has 2 fully saturated rings. The van der Waals surface area contributed by atoms with Gasteiger partial charge in [-0.05, 0) is 0 Å². The van der Waals surface area contributed by atoms with Gasteiger partial charge in [-0.3, -0.25) is 4.90 Å². The molecule has 0 aromatic rings. The number of nitrogens with one attached hydrogen (secondary N) is 2. The van der Waals surface area contributed by atoms with Crippen LogP contribution in [0.3, 0.4) is 0 Å². The van der Waals surface area contributed by atoms with Gasteiger partial charge in [0.05, 0.1) is 0 Å². The van der Waals surface area contributed by atoms with Crippen molar-refractivity contribution in [2.45, 2.75) is 12.2 Å². The minimum Gasteiger partial charge on any atom is -0.314 e. The average Bonchev–Trinajstić information content (AvgIpc) is 2.25. The van der Waals surface area contributed by atoms with Crippen molar-refractivity contribution in [1.29, 1.82) is 0 Å². The van der Waals surface area contributed by atoms with Gasteiger partial charge in [0.15, 0.2) is 0 Å². The highest BCUT2D eigenvalue weighted by Gasteiger charge is 2.40. The molecule has 0 amide bonds. The quantitative estimate of drug-likeness (QED) is 0.697. The first kappa shape index (κ1) is 15.0. The van der Waals surface area contributed by atoms with E-state index in [9.17, 15) is 21.6 Å². The Balaban J connectivity index is 1.78. The second-order valence-corrected chi connectivity index (χ2v) is 6.45. The molecule has 0 aromatic carbocycles. The maximum absolute atomic E-state index is 12.0. The number of alkyl halides is 3. The van der Waals surface area contributed by atoms with E-state index in [4.69, 9.17) is 0 Å². The third-order valence-electron chi connectivity index (χ3n) is 3.29. The van der Waals surface area contributed by atoms with E-state index < -0.39 is 22.9 Å². The van der Waals surface area contributed by atoms with Crippen LogP contribution < -0.4 is 10.0 Å². The molecule has 6 nitrogen and oxygen atoms in total. The normalized spacial score (nSPS) is 24.4. The van der Waals surface area contributed by atoms with Gasteiger partial charge in [0.1, 0.15) is 6.54 Å². The molecule has 0 atom stereocenters. The Kier molecular flexibility index (Phi) is 4.35. The monoisotopic (exact) mass is 302 g/mol. The number of rotatable bonds is 4. The van der Waals surface area contributed by atoms with Crippen molar-refractivity contribution in [3.05, 3.63) is 0 Å². The van der Waals surface area contributed by atoms with E-state index in [-0.39, 0.29) is 19.1 Å². The smallest absolute Gasteiger partial charge is 0.314 e. The van der Waals surface area contributed by atoms with Crippen LogP contribution in [0.1, 0.15) is 0 Å². The van der Waals surface area contributed by atoms with E-state index in [0.29, 0.717) is 0 Å². The molecule has 19 heavy (non-hydrogen) atoms. The molecular formula is C9H17F3N4O2S. The summed E-state index contributed by atoms with van der Waals surface area (Å²) < 4.78 is 61.7. The first-order chi connectivity index (χ1) is 8.78. The molecule has 10 heteroatoms. The van der Waals surface area contributed by atoms with E-state index in [0.717, 1.165) is 30.5 Å². The van der Waals surface area contributed by atoms with Crippen LogP contribution in [-0.2, 0) is 10.2 Å². The molecule has 2 rings (SSSR count). The zero-order valence-corrected chi connectivity index (χ0v) is 11.1. The number of hydrogen-bond acceptors (Lipinski definition) is 4. The first-order valence-corrected chi connectivity index (χ1v) is 7.48. The van der Waals surface area contributed by atoms with Gasteiger partial charge in [0, 0.05) is 45.3 Å². The molecule has 2 aliphatic rings. The summed E-state index contributed by atoms with van der Waals surface area (Å²) in [6.45, 7) is 2.39. The van der Waals surface area contributed by atoms with Gasteiger partial charge >= 0.3 is 6.18 Å². The van der Waals surface area contributed by atoms with E-state index in [2.05, 4.69) is 10.2 Å². The number of piperazine rings is 1. The van der Waals surface area contributed by atoms with Crippen LogP contribution in [0.15, 0.2) is 0 Å². The SMILES string of the molecule is O=S(=O)(NCC(F)(F)F)N1CC(N2CCNCC2)C1. The van der Waals surface area contributed by atoms with Crippen molar-refractivity contribution in [3.63, 3.8) is 0 Å². The van der Waals surface area contributed by atoms with Crippen molar-refractivity contribution >= 4 is 10.2 Å². The van der Waals surface area contributed by atoms with E-state index in [1.54, 1.807) is 4.72 Å². The van der Waals surface area contributed by atoms with Crippen molar-refractivity contribution in [2.75, 3.05) is 45.8 Å². The highest BCUT2D eigenvalue weighted by atomic mass is 32.2. The van der Waals surface area contributed by atoms with E-state index >= 15 is 0 Å². The largest absolute Gasteiger partial charge is 0.402 e. The fourth-order valence-electron chi connectivity index (χ4n) is 2.16. The van der Waals surface area contributed by atoms with Gasteiger partial charge in [-0.15, -0.1) is 0 Å². The second kappa shape index (κ2) is 5.52. The Hall–Kier alpha value is -0.420. The van der Waals surface area contributed by atoms with Crippen LogP contribution in [0.25, 0.3) is 0 Å². The van der Waals surface area contributed by atoms with Crippen LogP contribution in [0, 0.1) is 0 Å². The Morgan fingerprint density at radius 1 is 1.21 bits per heavy atom. The van der Waals surface area contributed by atoms with Gasteiger partial charge in [0.25, 0.3) is 10.2 Å². The lowest BCUT2D eigenvalue weighted by Gasteiger charge is -2.45. The topological polar surface area (TPSA) is 64.7 Å². The van der Waals surface area contributed by atoms with Crippen molar-refractivity contribution < 1.29 is 21.6 Å². The summed E-state index contributed by atoms with van der Waals surface area (Å²) in [5, 5.41) is 3.19. The molecule has 2 N–H and O–H groups in total. The first-order valence-electron chi connectivity index (χ1n) is 6.04. The number of hydrogen-bond donors (Lipinski definition) is 2. The average molecular weight is 302 g/mol. The van der Waals surface area contributed by atoms with Gasteiger partial charge in [0.2, 0.25) is 0 Å². The molecule has 2 saturated heterocycles. The molecule has 0 saturated carbocycles. The summed E-state index contributed by atoms with van der Waals surface area (Å²) in [5.41, 5.74) is 0. The zero-order chi connectivity index (χ0) is 14.1. The van der Waals surface area contributed by atoms with Crippen molar-refractivity contribution in [1.82, 2.24) is 19.2 Å². The standard InChI is InChI=1S/C9H17F3N4O2S/c10-9(11,12)7-14-19(17,18)16-5-8(6-16)15-3-1-13-2-4-15/h8,13-14H,1-7H2. The third-order valence-corrected chi connectivity index (χ3v) is 4.78. The lowest BCUT2D eigenvalue weighted by atomic mass is 10.1. The Morgan fingerprint density at radius 2 is 1.79 bits per heavy atom. The molecular weight excluding hydrogens is 285 g/mol. The summed E-state index contributed by atoms with van der Waals surface area (Å²) in [6, 6.07) is 0.115. The van der Waals surface area contributed by atoms with E-state index in [1.165, 1.54) is 0 Å². The minimum absolute atomic E-state index is 0.115. The Bertz CT molecular complexity index is 402. The summed E-state index contributed by atoms with van der Waals surface area (Å²) >= 11 is 0.